The molecule has 3 aliphatic heterocycles. The van der Waals surface area contributed by atoms with Crippen LogP contribution in [-0.2, 0) is 39.7 Å². The smallest absolute Gasteiger partial charge is 0.205 e. The summed E-state index contributed by atoms with van der Waals surface area (Å²) in [6, 6.07) is 10.5. The van der Waals surface area contributed by atoms with Gasteiger partial charge in [0.2, 0.25) is 5.79 Å². The van der Waals surface area contributed by atoms with Gasteiger partial charge in [0.05, 0.1) is 72.1 Å². The Bertz CT molecular complexity index is 615. The molecule has 8 nitrogen and oxygen atoms in total. The summed E-state index contributed by atoms with van der Waals surface area (Å²) in [5.74, 6) is -0.811. The predicted molar refractivity (Wildman–Crippen MR) is 108 cm³/mol. The third-order valence-corrected chi connectivity index (χ3v) is 5.29. The van der Waals surface area contributed by atoms with Crippen LogP contribution in [0.15, 0.2) is 30.3 Å². The lowest BCUT2D eigenvalue weighted by Gasteiger charge is -2.49. The van der Waals surface area contributed by atoms with Gasteiger partial charge in [0.15, 0.2) is 0 Å². The fraction of sp³-hybridized carbons (Fsp3) is 0.727. The summed E-state index contributed by atoms with van der Waals surface area (Å²) in [7, 11) is 0. The number of ether oxygens (including phenoxy) is 7. The van der Waals surface area contributed by atoms with Gasteiger partial charge in [0.1, 0.15) is 12.7 Å². The molecule has 1 aromatic carbocycles. The van der Waals surface area contributed by atoms with Crippen molar-refractivity contribution in [3.8, 4) is 0 Å². The molecule has 168 valence electrons. The molecule has 3 aliphatic rings. The van der Waals surface area contributed by atoms with Crippen LogP contribution in [0.2, 0.25) is 0 Å². The van der Waals surface area contributed by atoms with Gasteiger partial charge in [-0.2, -0.15) is 0 Å². The van der Waals surface area contributed by atoms with E-state index in [1.807, 2.05) is 6.07 Å². The Kier molecular flexibility index (Phi) is 8.47. The van der Waals surface area contributed by atoms with Crippen LogP contribution in [0.4, 0.5) is 0 Å². The molecule has 0 saturated carbocycles. The molecule has 4 rings (SSSR count). The summed E-state index contributed by atoms with van der Waals surface area (Å²) in [5, 5.41) is 0. The van der Waals surface area contributed by atoms with E-state index in [9.17, 15) is 0 Å². The first-order valence-electron chi connectivity index (χ1n) is 10.8. The van der Waals surface area contributed by atoms with Crippen molar-refractivity contribution >= 4 is 0 Å². The SMILES string of the molecule is c1ccc(CN2CC3COCCOCCOCCOCC4COCC(C2)(O4)O3)cc1. The van der Waals surface area contributed by atoms with Crippen LogP contribution in [-0.4, -0.2) is 102 Å². The van der Waals surface area contributed by atoms with Crippen molar-refractivity contribution in [1.82, 2.24) is 4.90 Å². The Balaban J connectivity index is 1.43. The molecule has 0 aliphatic carbocycles. The molecule has 0 amide bonds. The van der Waals surface area contributed by atoms with Gasteiger partial charge in [-0.3, -0.25) is 4.90 Å². The molecule has 1 spiro atoms. The first-order chi connectivity index (χ1) is 14.8. The van der Waals surface area contributed by atoms with Gasteiger partial charge in [0, 0.05) is 13.1 Å². The van der Waals surface area contributed by atoms with Crippen molar-refractivity contribution in [3.63, 3.8) is 0 Å². The van der Waals surface area contributed by atoms with E-state index in [-0.39, 0.29) is 12.2 Å². The average Bonchev–Trinajstić information content (AvgIpc) is 2.74. The maximum Gasteiger partial charge on any atom is 0.205 e. The number of morpholine rings is 1. The van der Waals surface area contributed by atoms with Crippen molar-refractivity contribution in [2.24, 2.45) is 0 Å². The average molecular weight is 424 g/mol. The number of nitrogens with zero attached hydrogens (tertiary/aromatic N) is 1. The van der Waals surface area contributed by atoms with Crippen LogP contribution in [0.1, 0.15) is 5.56 Å². The van der Waals surface area contributed by atoms with Crippen molar-refractivity contribution in [1.29, 1.82) is 0 Å². The number of rotatable bonds is 2. The highest BCUT2D eigenvalue weighted by atomic mass is 16.8. The molecule has 30 heavy (non-hydrogen) atoms. The van der Waals surface area contributed by atoms with Crippen molar-refractivity contribution in [2.45, 2.75) is 24.5 Å². The maximum atomic E-state index is 6.40. The number of fused-ring (bicyclic) bond motifs is 2. The molecule has 3 fully saturated rings. The van der Waals surface area contributed by atoms with E-state index in [1.54, 1.807) is 0 Å². The van der Waals surface area contributed by atoms with Crippen LogP contribution in [0, 0.1) is 0 Å². The van der Waals surface area contributed by atoms with E-state index < -0.39 is 5.79 Å². The summed E-state index contributed by atoms with van der Waals surface area (Å²) < 4.78 is 41.3. The summed E-state index contributed by atoms with van der Waals surface area (Å²) in [6.07, 6.45) is -0.277. The van der Waals surface area contributed by atoms with E-state index in [2.05, 4.69) is 29.2 Å². The minimum atomic E-state index is -0.811. The van der Waals surface area contributed by atoms with Crippen molar-refractivity contribution < 1.29 is 33.2 Å². The van der Waals surface area contributed by atoms with Crippen LogP contribution in [0.3, 0.4) is 0 Å². The van der Waals surface area contributed by atoms with E-state index in [1.165, 1.54) is 5.56 Å². The predicted octanol–water partition coefficient (Wildman–Crippen LogP) is 1.08. The molecule has 1 aromatic rings. The lowest BCUT2D eigenvalue weighted by Crippen LogP contribution is -2.63. The number of benzene rings is 1. The zero-order valence-electron chi connectivity index (χ0n) is 17.5. The second-order valence-electron chi connectivity index (χ2n) is 7.94. The summed E-state index contributed by atoms with van der Waals surface area (Å²) >= 11 is 0. The highest BCUT2D eigenvalue weighted by molar-refractivity contribution is 5.14. The molecule has 0 aromatic heterocycles. The van der Waals surface area contributed by atoms with Crippen molar-refractivity contribution in [2.75, 3.05) is 79.2 Å². The molecule has 3 saturated heterocycles. The minimum absolute atomic E-state index is 0.107. The molecule has 0 N–H and O–H groups in total. The number of hydrogen-bond acceptors (Lipinski definition) is 8. The lowest BCUT2D eigenvalue weighted by atomic mass is 10.1. The minimum Gasteiger partial charge on any atom is -0.377 e. The lowest BCUT2D eigenvalue weighted by molar-refractivity contribution is -0.359. The summed E-state index contributed by atoms with van der Waals surface area (Å²) in [6.45, 7) is 7.28. The topological polar surface area (TPSA) is 67.9 Å². The Hall–Kier alpha value is -1.10. The normalized spacial score (nSPS) is 32.9. The highest BCUT2D eigenvalue weighted by Gasteiger charge is 2.46. The first-order valence-corrected chi connectivity index (χ1v) is 10.8. The molecule has 3 heterocycles. The van der Waals surface area contributed by atoms with Crippen LogP contribution >= 0.6 is 0 Å². The van der Waals surface area contributed by atoms with Gasteiger partial charge in [-0.05, 0) is 5.56 Å². The van der Waals surface area contributed by atoms with Crippen molar-refractivity contribution in [3.05, 3.63) is 35.9 Å². The largest absolute Gasteiger partial charge is 0.377 e. The fourth-order valence-electron chi connectivity index (χ4n) is 4.05. The Morgan fingerprint density at radius 1 is 0.733 bits per heavy atom. The molecule has 0 radical (unpaired) electrons. The van der Waals surface area contributed by atoms with E-state index in [4.69, 9.17) is 33.2 Å². The van der Waals surface area contributed by atoms with E-state index in [0.717, 1.165) is 13.1 Å². The van der Waals surface area contributed by atoms with Gasteiger partial charge >= 0.3 is 0 Å². The zero-order chi connectivity index (χ0) is 20.5. The van der Waals surface area contributed by atoms with Gasteiger partial charge in [-0.1, -0.05) is 30.3 Å². The fourth-order valence-corrected chi connectivity index (χ4v) is 4.05. The number of hydrogen-bond donors (Lipinski definition) is 0. The third kappa shape index (κ3) is 6.70. The quantitative estimate of drug-likeness (QED) is 0.700. The Labute approximate surface area is 178 Å². The second-order valence-corrected chi connectivity index (χ2v) is 7.94. The molecular weight excluding hydrogens is 390 g/mol. The molecule has 3 bridgehead atoms. The third-order valence-electron chi connectivity index (χ3n) is 5.29. The standard InChI is InChI=1S/C22H33NO7/c1-2-4-19(5-3-1)12-23-13-20-14-26-10-8-24-6-7-25-9-11-27-15-21-16-28-18-22(17-23,29-20)30-21/h1-5,20-21H,6-18H2. The molecule has 3 atom stereocenters. The van der Waals surface area contributed by atoms with Crippen LogP contribution in [0.5, 0.6) is 0 Å². The van der Waals surface area contributed by atoms with Crippen LogP contribution in [0.25, 0.3) is 0 Å². The summed E-state index contributed by atoms with van der Waals surface area (Å²) in [5.41, 5.74) is 1.26. The second kappa shape index (κ2) is 11.5. The molecule has 3 unspecified atom stereocenters. The van der Waals surface area contributed by atoms with Gasteiger partial charge in [0.25, 0.3) is 0 Å². The zero-order valence-corrected chi connectivity index (χ0v) is 17.5. The van der Waals surface area contributed by atoms with Gasteiger partial charge < -0.3 is 33.2 Å². The molecular formula is C22H33NO7. The highest BCUT2D eigenvalue weighted by Crippen LogP contribution is 2.30. The maximum absolute atomic E-state index is 6.40. The van der Waals surface area contributed by atoms with Gasteiger partial charge in [-0.25, -0.2) is 0 Å². The monoisotopic (exact) mass is 423 g/mol. The first kappa shape index (κ1) is 22.1. The van der Waals surface area contributed by atoms with Crippen LogP contribution < -0.4 is 0 Å². The van der Waals surface area contributed by atoms with E-state index >= 15 is 0 Å². The Morgan fingerprint density at radius 3 is 2.07 bits per heavy atom. The molecule has 8 heteroatoms. The Morgan fingerprint density at radius 2 is 1.33 bits per heavy atom. The summed E-state index contributed by atoms with van der Waals surface area (Å²) in [4.78, 5) is 2.36. The van der Waals surface area contributed by atoms with Gasteiger partial charge in [-0.15, -0.1) is 0 Å². The van der Waals surface area contributed by atoms with E-state index in [0.29, 0.717) is 72.6 Å².